The molecule has 0 radical (unpaired) electrons. The largest absolute Gasteiger partial charge is 0.377 e. The maximum Gasteiger partial charge on any atom is 0.240 e. The summed E-state index contributed by atoms with van der Waals surface area (Å²) in [5, 5.41) is 0. The van der Waals surface area contributed by atoms with Gasteiger partial charge in [-0.15, -0.1) is 0 Å². The third kappa shape index (κ3) is 2.81. The number of benzene rings is 1. The van der Waals surface area contributed by atoms with Crippen LogP contribution in [-0.2, 0) is 14.8 Å². The molecule has 0 aliphatic carbocycles. The van der Waals surface area contributed by atoms with E-state index in [0.29, 0.717) is 11.4 Å². The van der Waals surface area contributed by atoms with Gasteiger partial charge in [-0.2, -0.15) is 0 Å². The molecule has 1 aliphatic rings. The van der Waals surface area contributed by atoms with Crippen molar-refractivity contribution in [3.8, 4) is 0 Å². The molecule has 1 aliphatic heterocycles. The molecular weight excluding hydrogens is 226 g/mol. The molecule has 0 aromatic heterocycles. The smallest absolute Gasteiger partial charge is 0.240 e. The standard InChI is InChI=1S/C11H15NO3S/c13-16(14,11-6-2-1-3-7-11)12-9-10-5-4-8-15-10/h1-3,6-7,10,12H,4-5,8-9H2/t10-/m1/s1. The van der Waals surface area contributed by atoms with Crippen LogP contribution in [0.4, 0.5) is 0 Å². The van der Waals surface area contributed by atoms with Crippen LogP contribution >= 0.6 is 0 Å². The first-order valence-corrected chi connectivity index (χ1v) is 6.83. The van der Waals surface area contributed by atoms with Crippen molar-refractivity contribution in [2.45, 2.75) is 23.8 Å². The summed E-state index contributed by atoms with van der Waals surface area (Å²) in [6, 6.07) is 8.37. The predicted octanol–water partition coefficient (Wildman–Crippen LogP) is 1.14. The molecule has 1 N–H and O–H groups in total. The molecule has 1 atom stereocenters. The fraction of sp³-hybridized carbons (Fsp3) is 0.455. The third-order valence-electron chi connectivity index (χ3n) is 2.58. The van der Waals surface area contributed by atoms with Crippen LogP contribution in [0.1, 0.15) is 12.8 Å². The van der Waals surface area contributed by atoms with E-state index in [1.165, 1.54) is 0 Å². The van der Waals surface area contributed by atoms with Gasteiger partial charge in [-0.3, -0.25) is 0 Å². The van der Waals surface area contributed by atoms with Gasteiger partial charge < -0.3 is 4.74 Å². The zero-order valence-corrected chi connectivity index (χ0v) is 9.74. The Morgan fingerprint density at radius 1 is 1.31 bits per heavy atom. The molecule has 5 heteroatoms. The molecule has 0 bridgehead atoms. The molecule has 16 heavy (non-hydrogen) atoms. The number of hydrogen-bond donors (Lipinski definition) is 1. The van der Waals surface area contributed by atoms with E-state index >= 15 is 0 Å². The van der Waals surface area contributed by atoms with Crippen molar-refractivity contribution in [1.29, 1.82) is 0 Å². The Hall–Kier alpha value is -0.910. The lowest BCUT2D eigenvalue weighted by molar-refractivity contribution is 0.114. The van der Waals surface area contributed by atoms with Gasteiger partial charge in [0.1, 0.15) is 0 Å². The van der Waals surface area contributed by atoms with Gasteiger partial charge in [0.15, 0.2) is 0 Å². The molecule has 2 rings (SSSR count). The first-order valence-electron chi connectivity index (χ1n) is 5.35. The van der Waals surface area contributed by atoms with Crippen LogP contribution in [0.2, 0.25) is 0 Å². The second kappa shape index (κ2) is 4.95. The van der Waals surface area contributed by atoms with Crippen molar-refractivity contribution in [2.75, 3.05) is 13.2 Å². The highest BCUT2D eigenvalue weighted by atomic mass is 32.2. The van der Waals surface area contributed by atoms with Crippen molar-refractivity contribution in [3.63, 3.8) is 0 Å². The molecule has 1 aromatic rings. The average Bonchev–Trinajstić information content (AvgIpc) is 2.81. The van der Waals surface area contributed by atoms with Crippen LogP contribution in [0.25, 0.3) is 0 Å². The Labute approximate surface area is 95.7 Å². The molecule has 1 aromatic carbocycles. The summed E-state index contributed by atoms with van der Waals surface area (Å²) >= 11 is 0. The maximum absolute atomic E-state index is 11.8. The van der Waals surface area contributed by atoms with E-state index in [4.69, 9.17) is 4.74 Å². The Kier molecular flexibility index (Phi) is 3.58. The summed E-state index contributed by atoms with van der Waals surface area (Å²) in [5.41, 5.74) is 0. The van der Waals surface area contributed by atoms with Crippen molar-refractivity contribution >= 4 is 10.0 Å². The zero-order valence-electron chi connectivity index (χ0n) is 8.93. The monoisotopic (exact) mass is 241 g/mol. The van der Waals surface area contributed by atoms with E-state index in [2.05, 4.69) is 4.72 Å². The second-order valence-electron chi connectivity index (χ2n) is 3.80. The molecule has 1 heterocycles. The summed E-state index contributed by atoms with van der Waals surface area (Å²) in [6.45, 7) is 1.09. The summed E-state index contributed by atoms with van der Waals surface area (Å²) in [6.07, 6.45) is 1.97. The first kappa shape index (κ1) is 11.6. The summed E-state index contributed by atoms with van der Waals surface area (Å²) in [4.78, 5) is 0.299. The number of rotatable bonds is 4. The van der Waals surface area contributed by atoms with Crippen molar-refractivity contribution < 1.29 is 13.2 Å². The van der Waals surface area contributed by atoms with Gasteiger partial charge in [0, 0.05) is 13.2 Å². The van der Waals surface area contributed by atoms with Crippen LogP contribution in [0, 0.1) is 0 Å². The molecular formula is C11H15NO3S. The zero-order chi connectivity index (χ0) is 11.4. The minimum atomic E-state index is -3.38. The normalized spacial score (nSPS) is 21.1. The molecule has 4 nitrogen and oxygen atoms in total. The van der Waals surface area contributed by atoms with E-state index in [9.17, 15) is 8.42 Å². The van der Waals surface area contributed by atoms with E-state index in [0.717, 1.165) is 19.4 Å². The van der Waals surface area contributed by atoms with E-state index in [-0.39, 0.29) is 6.10 Å². The predicted molar refractivity (Wildman–Crippen MR) is 60.6 cm³/mol. The number of sulfonamides is 1. The topological polar surface area (TPSA) is 55.4 Å². The molecule has 1 fully saturated rings. The number of nitrogens with one attached hydrogen (secondary N) is 1. The summed E-state index contributed by atoms with van der Waals surface area (Å²) in [5.74, 6) is 0. The lowest BCUT2D eigenvalue weighted by atomic mass is 10.2. The SMILES string of the molecule is O=S(=O)(NC[C@H]1CCCO1)c1ccccc1. The van der Waals surface area contributed by atoms with Crippen LogP contribution in [0.15, 0.2) is 35.2 Å². The third-order valence-corrected chi connectivity index (χ3v) is 4.02. The molecule has 0 spiro atoms. The van der Waals surface area contributed by atoms with Crippen LogP contribution in [0.3, 0.4) is 0 Å². The highest BCUT2D eigenvalue weighted by molar-refractivity contribution is 7.89. The Morgan fingerprint density at radius 3 is 2.69 bits per heavy atom. The Bertz CT molecular complexity index is 424. The van der Waals surface area contributed by atoms with Crippen molar-refractivity contribution in [1.82, 2.24) is 4.72 Å². The van der Waals surface area contributed by atoms with Gasteiger partial charge in [0.25, 0.3) is 0 Å². The van der Waals surface area contributed by atoms with Crippen LogP contribution in [-0.4, -0.2) is 27.7 Å². The minimum absolute atomic E-state index is 0.0264. The highest BCUT2D eigenvalue weighted by Crippen LogP contribution is 2.12. The van der Waals surface area contributed by atoms with E-state index in [1.54, 1.807) is 30.3 Å². The van der Waals surface area contributed by atoms with Gasteiger partial charge in [-0.1, -0.05) is 18.2 Å². The van der Waals surface area contributed by atoms with Gasteiger partial charge in [0.2, 0.25) is 10.0 Å². The lowest BCUT2D eigenvalue weighted by Gasteiger charge is -2.11. The Balaban J connectivity index is 1.98. The minimum Gasteiger partial charge on any atom is -0.377 e. The maximum atomic E-state index is 11.8. The lowest BCUT2D eigenvalue weighted by Crippen LogP contribution is -2.31. The first-order chi connectivity index (χ1) is 7.68. The van der Waals surface area contributed by atoms with Crippen molar-refractivity contribution in [2.24, 2.45) is 0 Å². The fourth-order valence-electron chi connectivity index (χ4n) is 1.69. The van der Waals surface area contributed by atoms with Gasteiger partial charge >= 0.3 is 0 Å². The van der Waals surface area contributed by atoms with E-state index in [1.807, 2.05) is 0 Å². The fourth-order valence-corrected chi connectivity index (χ4v) is 2.78. The summed E-state index contributed by atoms with van der Waals surface area (Å²) in [7, 11) is -3.38. The van der Waals surface area contributed by atoms with E-state index < -0.39 is 10.0 Å². The van der Waals surface area contributed by atoms with Gasteiger partial charge in [-0.25, -0.2) is 13.1 Å². The molecule has 0 amide bonds. The molecule has 0 saturated carbocycles. The molecule has 88 valence electrons. The summed E-state index contributed by atoms with van der Waals surface area (Å²) < 4.78 is 31.6. The van der Waals surface area contributed by atoms with Crippen LogP contribution < -0.4 is 4.72 Å². The average molecular weight is 241 g/mol. The van der Waals surface area contributed by atoms with Gasteiger partial charge in [0.05, 0.1) is 11.0 Å². The Morgan fingerprint density at radius 2 is 2.06 bits per heavy atom. The second-order valence-corrected chi connectivity index (χ2v) is 5.57. The van der Waals surface area contributed by atoms with Crippen LogP contribution in [0.5, 0.6) is 0 Å². The number of hydrogen-bond acceptors (Lipinski definition) is 3. The molecule has 1 saturated heterocycles. The van der Waals surface area contributed by atoms with Gasteiger partial charge in [-0.05, 0) is 25.0 Å². The number of ether oxygens (including phenoxy) is 1. The highest BCUT2D eigenvalue weighted by Gasteiger charge is 2.19. The van der Waals surface area contributed by atoms with Crippen molar-refractivity contribution in [3.05, 3.63) is 30.3 Å². The molecule has 0 unspecified atom stereocenters. The quantitative estimate of drug-likeness (QED) is 0.860.